The molecular weight excluding hydrogens is 242 g/mol. The predicted octanol–water partition coefficient (Wildman–Crippen LogP) is 2.29. The van der Waals surface area contributed by atoms with Gasteiger partial charge in [0.1, 0.15) is 0 Å². The molecule has 7 heteroatoms. The normalized spacial score (nSPS) is 15.6. The molecule has 0 unspecified atom stereocenters. The Balaban J connectivity index is 2.19. The molecule has 5 nitrogen and oxygen atoms in total. The fourth-order valence-electron chi connectivity index (χ4n) is 1.76. The van der Waals surface area contributed by atoms with E-state index in [1.165, 1.54) is 24.2 Å². The van der Waals surface area contributed by atoms with Crippen molar-refractivity contribution in [3.05, 3.63) is 10.5 Å². The van der Waals surface area contributed by atoms with Crippen molar-refractivity contribution in [1.29, 1.82) is 0 Å². The summed E-state index contributed by atoms with van der Waals surface area (Å²) in [7, 11) is 0. The molecule has 0 bridgehead atoms. The second-order valence-corrected chi connectivity index (χ2v) is 5.34. The number of hydrogen-bond acceptors (Lipinski definition) is 5. The Hall–Kier alpha value is -1.21. The molecular formula is C9H11N5S2. The largest absolute Gasteiger partial charge is 0.375 e. The Labute approximate surface area is 101 Å². The minimum atomic E-state index is 0.504. The number of H-pyrrole nitrogens is 1. The molecule has 0 amide bonds. The Morgan fingerprint density at radius 2 is 2.31 bits per heavy atom. The lowest BCUT2D eigenvalue weighted by molar-refractivity contribution is 0.735. The molecule has 3 N–H and O–H groups in total. The first-order valence-corrected chi connectivity index (χ1v) is 6.29. The summed E-state index contributed by atoms with van der Waals surface area (Å²) in [6, 6.07) is 0.504. The van der Waals surface area contributed by atoms with Gasteiger partial charge in [-0.05, 0) is 32.0 Å². The molecule has 2 heterocycles. The average Bonchev–Trinajstić information content (AvgIpc) is 2.91. The summed E-state index contributed by atoms with van der Waals surface area (Å²) < 4.78 is 2.76. The third-order valence-corrected chi connectivity index (χ3v) is 3.90. The van der Waals surface area contributed by atoms with Gasteiger partial charge < -0.3 is 5.73 Å². The minimum Gasteiger partial charge on any atom is -0.375 e. The van der Waals surface area contributed by atoms with Crippen molar-refractivity contribution in [3.63, 3.8) is 0 Å². The lowest BCUT2D eigenvalue weighted by Crippen LogP contribution is -1.97. The number of nitrogens with two attached hydrogens (primary N) is 1. The topological polar surface area (TPSA) is 72.5 Å². The maximum atomic E-state index is 5.70. The van der Waals surface area contributed by atoms with E-state index in [4.69, 9.17) is 18.0 Å². The van der Waals surface area contributed by atoms with Gasteiger partial charge in [0.05, 0.1) is 10.6 Å². The van der Waals surface area contributed by atoms with Crippen LogP contribution >= 0.6 is 23.6 Å². The maximum Gasteiger partial charge on any atom is 0.195 e. The quantitative estimate of drug-likeness (QED) is 0.805. The van der Waals surface area contributed by atoms with E-state index in [-0.39, 0.29) is 0 Å². The van der Waals surface area contributed by atoms with Gasteiger partial charge in [-0.25, -0.2) is 4.98 Å². The van der Waals surface area contributed by atoms with Crippen LogP contribution < -0.4 is 5.73 Å². The van der Waals surface area contributed by atoms with Gasteiger partial charge in [0.2, 0.25) is 0 Å². The highest BCUT2D eigenvalue weighted by Gasteiger charge is 2.28. The first-order chi connectivity index (χ1) is 7.66. The van der Waals surface area contributed by atoms with Crippen molar-refractivity contribution in [2.75, 3.05) is 5.73 Å². The van der Waals surface area contributed by atoms with Crippen LogP contribution in [0.5, 0.6) is 0 Å². The van der Waals surface area contributed by atoms with Crippen LogP contribution in [0.25, 0.3) is 10.7 Å². The van der Waals surface area contributed by atoms with Gasteiger partial charge in [-0.3, -0.25) is 9.67 Å². The molecule has 0 atom stereocenters. The van der Waals surface area contributed by atoms with Crippen LogP contribution in [0.1, 0.15) is 24.6 Å². The lowest BCUT2D eigenvalue weighted by Gasteiger charge is -2.02. The zero-order valence-electron chi connectivity index (χ0n) is 8.73. The van der Waals surface area contributed by atoms with Crippen molar-refractivity contribution in [3.8, 4) is 10.7 Å². The van der Waals surface area contributed by atoms with E-state index in [2.05, 4.69) is 19.7 Å². The highest BCUT2D eigenvalue weighted by Crippen LogP contribution is 2.40. The number of rotatable bonds is 2. The standard InChI is InChI=1S/C9H11N5S2/c1-4-6(16-8(10)11-4)7-12-13-9(15)14(7)5-2-3-5/h5H,2-3H2,1H3,(H2,10,11)(H,13,15). The van der Waals surface area contributed by atoms with Crippen molar-refractivity contribution in [2.45, 2.75) is 25.8 Å². The van der Waals surface area contributed by atoms with Gasteiger partial charge in [0, 0.05) is 6.04 Å². The van der Waals surface area contributed by atoms with E-state index in [0.29, 0.717) is 15.9 Å². The molecule has 0 spiro atoms. The van der Waals surface area contributed by atoms with Crippen LogP contribution in [0.4, 0.5) is 5.13 Å². The molecule has 0 aromatic carbocycles. The lowest BCUT2D eigenvalue weighted by atomic mass is 10.4. The monoisotopic (exact) mass is 253 g/mol. The van der Waals surface area contributed by atoms with Gasteiger partial charge in [0.15, 0.2) is 15.7 Å². The molecule has 84 valence electrons. The van der Waals surface area contributed by atoms with Crippen LogP contribution in [0.15, 0.2) is 0 Å². The molecule has 16 heavy (non-hydrogen) atoms. The van der Waals surface area contributed by atoms with Crippen LogP contribution in [-0.2, 0) is 0 Å². The third-order valence-electron chi connectivity index (χ3n) is 2.63. The third kappa shape index (κ3) is 1.47. The van der Waals surface area contributed by atoms with E-state index in [1.54, 1.807) is 0 Å². The van der Waals surface area contributed by atoms with Crippen molar-refractivity contribution in [1.82, 2.24) is 19.7 Å². The van der Waals surface area contributed by atoms with Crippen LogP contribution in [0.2, 0.25) is 0 Å². The van der Waals surface area contributed by atoms with Crippen molar-refractivity contribution < 1.29 is 0 Å². The number of nitrogen functional groups attached to an aromatic ring is 1. The van der Waals surface area contributed by atoms with Gasteiger partial charge in [0.25, 0.3) is 0 Å². The van der Waals surface area contributed by atoms with E-state index in [1.807, 2.05) is 6.92 Å². The molecule has 0 aliphatic heterocycles. The highest BCUT2D eigenvalue weighted by molar-refractivity contribution is 7.71. The molecule has 3 rings (SSSR count). The van der Waals surface area contributed by atoms with Gasteiger partial charge in [-0.2, -0.15) is 5.10 Å². The van der Waals surface area contributed by atoms with E-state index in [9.17, 15) is 0 Å². The molecule has 1 fully saturated rings. The van der Waals surface area contributed by atoms with Crippen molar-refractivity contribution in [2.24, 2.45) is 0 Å². The van der Waals surface area contributed by atoms with Crippen LogP contribution in [-0.4, -0.2) is 19.7 Å². The molecule has 0 saturated heterocycles. The number of aryl methyl sites for hydroxylation is 1. The Morgan fingerprint density at radius 1 is 1.56 bits per heavy atom. The zero-order valence-corrected chi connectivity index (χ0v) is 10.4. The van der Waals surface area contributed by atoms with E-state index >= 15 is 0 Å². The zero-order chi connectivity index (χ0) is 11.3. The van der Waals surface area contributed by atoms with Crippen LogP contribution in [0, 0.1) is 11.7 Å². The number of nitrogens with one attached hydrogen (secondary N) is 1. The Morgan fingerprint density at radius 3 is 2.88 bits per heavy atom. The predicted molar refractivity (Wildman–Crippen MR) is 65.9 cm³/mol. The summed E-state index contributed by atoms with van der Waals surface area (Å²) in [6.45, 7) is 1.94. The Bertz CT molecular complexity index is 589. The van der Waals surface area contributed by atoms with Crippen molar-refractivity contribution >= 4 is 28.7 Å². The maximum absolute atomic E-state index is 5.70. The number of anilines is 1. The molecule has 2 aromatic rings. The summed E-state index contributed by atoms with van der Waals surface area (Å²) in [4.78, 5) is 5.22. The first-order valence-electron chi connectivity index (χ1n) is 5.07. The molecule has 1 aliphatic rings. The fraction of sp³-hybridized carbons (Fsp3) is 0.444. The van der Waals surface area contributed by atoms with E-state index in [0.717, 1.165) is 16.4 Å². The number of nitrogens with zero attached hydrogens (tertiary/aromatic N) is 3. The summed E-state index contributed by atoms with van der Waals surface area (Å²) in [6.07, 6.45) is 2.35. The second-order valence-electron chi connectivity index (χ2n) is 3.92. The summed E-state index contributed by atoms with van der Waals surface area (Å²) in [5, 5.41) is 7.70. The van der Waals surface area contributed by atoms with Gasteiger partial charge in [-0.15, -0.1) is 0 Å². The highest BCUT2D eigenvalue weighted by atomic mass is 32.1. The van der Waals surface area contributed by atoms with Crippen LogP contribution in [0.3, 0.4) is 0 Å². The number of aromatic nitrogens is 4. The summed E-state index contributed by atoms with van der Waals surface area (Å²) >= 11 is 6.69. The van der Waals surface area contributed by atoms with E-state index < -0.39 is 0 Å². The Kier molecular flexibility index (Phi) is 2.11. The molecule has 2 aromatic heterocycles. The average molecular weight is 253 g/mol. The number of thiazole rings is 1. The summed E-state index contributed by atoms with van der Waals surface area (Å²) in [5.74, 6) is 0.874. The smallest absolute Gasteiger partial charge is 0.195 e. The fourth-order valence-corrected chi connectivity index (χ4v) is 2.86. The number of hydrogen-bond donors (Lipinski definition) is 2. The minimum absolute atomic E-state index is 0.504. The molecule has 0 radical (unpaired) electrons. The van der Waals surface area contributed by atoms with Gasteiger partial charge >= 0.3 is 0 Å². The molecule has 1 aliphatic carbocycles. The second kappa shape index (κ2) is 3.39. The van der Waals surface area contributed by atoms with Gasteiger partial charge in [-0.1, -0.05) is 11.3 Å². The first kappa shape index (κ1) is 9.98. The summed E-state index contributed by atoms with van der Waals surface area (Å²) in [5.41, 5.74) is 6.61. The SMILES string of the molecule is Cc1nc(N)sc1-c1n[nH]c(=S)n1C1CC1. The molecule has 1 saturated carbocycles. The number of aromatic amines is 1.